The van der Waals surface area contributed by atoms with Gasteiger partial charge in [0.2, 0.25) is 0 Å². The number of hydrogen-bond donors (Lipinski definition) is 0. The van der Waals surface area contributed by atoms with Crippen molar-refractivity contribution in [3.63, 3.8) is 0 Å². The van der Waals surface area contributed by atoms with Crippen molar-refractivity contribution in [2.75, 3.05) is 36.0 Å². The average Bonchev–Trinajstić information content (AvgIpc) is 3.33. The first-order valence-electron chi connectivity index (χ1n) is 10.3. The lowest BCUT2D eigenvalue weighted by atomic mass is 10.1. The molecule has 2 heterocycles. The molecule has 0 bridgehead atoms. The average molecular weight is 370 g/mol. The largest absolute Gasteiger partial charge is 0.449 e. The zero-order valence-corrected chi connectivity index (χ0v) is 16.6. The summed E-state index contributed by atoms with van der Waals surface area (Å²) >= 11 is 0. The van der Waals surface area contributed by atoms with Crippen molar-refractivity contribution in [2.24, 2.45) is 4.99 Å². The van der Waals surface area contributed by atoms with E-state index in [2.05, 4.69) is 35.0 Å². The molecule has 1 aromatic carbocycles. The lowest BCUT2D eigenvalue weighted by molar-refractivity contribution is 0.151. The first-order chi connectivity index (χ1) is 13.2. The minimum Gasteiger partial charge on any atom is -0.449 e. The van der Waals surface area contributed by atoms with Gasteiger partial charge < -0.3 is 9.64 Å². The highest BCUT2D eigenvalue weighted by Gasteiger charge is 2.23. The van der Waals surface area contributed by atoms with Gasteiger partial charge in [-0.25, -0.2) is 4.79 Å². The van der Waals surface area contributed by atoms with E-state index in [1.54, 1.807) is 4.90 Å². The second-order valence-electron chi connectivity index (χ2n) is 7.15. The molecule has 0 aliphatic carbocycles. The Morgan fingerprint density at radius 1 is 1.26 bits per heavy atom. The zero-order valence-electron chi connectivity index (χ0n) is 16.6. The molecule has 0 N–H and O–H groups in total. The van der Waals surface area contributed by atoms with Crippen molar-refractivity contribution in [3.8, 4) is 0 Å². The van der Waals surface area contributed by atoms with Crippen molar-refractivity contribution in [2.45, 2.75) is 52.4 Å². The number of unbranched alkanes of at least 4 members (excludes halogenated alkanes) is 3. The topological polar surface area (TPSA) is 45.1 Å². The lowest BCUT2D eigenvalue weighted by Crippen LogP contribution is -2.31. The summed E-state index contributed by atoms with van der Waals surface area (Å²) in [5, 5.41) is 0. The Morgan fingerprint density at radius 2 is 2.15 bits per heavy atom. The van der Waals surface area contributed by atoms with Gasteiger partial charge in [-0.3, -0.25) is 9.89 Å². The predicted molar refractivity (Wildman–Crippen MR) is 112 cm³/mol. The van der Waals surface area contributed by atoms with E-state index in [9.17, 15) is 4.79 Å². The first-order valence-corrected chi connectivity index (χ1v) is 10.3. The summed E-state index contributed by atoms with van der Waals surface area (Å²) in [5.74, 6) is 0. The van der Waals surface area contributed by atoms with Crippen LogP contribution in [0.2, 0.25) is 0 Å². The molecule has 0 unspecified atom stereocenters. The molecule has 146 valence electrons. The van der Waals surface area contributed by atoms with E-state index in [4.69, 9.17) is 4.74 Å². The van der Waals surface area contributed by atoms with Gasteiger partial charge in [0.1, 0.15) is 0 Å². The molecule has 0 fully saturated rings. The summed E-state index contributed by atoms with van der Waals surface area (Å²) in [7, 11) is 0. The van der Waals surface area contributed by atoms with E-state index in [0.29, 0.717) is 13.2 Å². The van der Waals surface area contributed by atoms with Crippen molar-refractivity contribution < 1.29 is 9.53 Å². The Morgan fingerprint density at radius 3 is 2.89 bits per heavy atom. The molecule has 0 aromatic heterocycles. The van der Waals surface area contributed by atoms with Crippen molar-refractivity contribution >= 4 is 23.7 Å². The predicted octanol–water partition coefficient (Wildman–Crippen LogP) is 4.95. The van der Waals surface area contributed by atoms with Gasteiger partial charge >= 0.3 is 6.09 Å². The monoisotopic (exact) mass is 369 g/mol. The smallest absolute Gasteiger partial charge is 0.414 e. The fourth-order valence-electron chi connectivity index (χ4n) is 3.66. The molecule has 0 saturated carbocycles. The maximum atomic E-state index is 12.5. The van der Waals surface area contributed by atoms with E-state index in [-0.39, 0.29) is 6.09 Å². The third-order valence-corrected chi connectivity index (χ3v) is 5.20. The molecule has 0 radical (unpaired) electrons. The highest BCUT2D eigenvalue weighted by molar-refractivity contribution is 5.88. The molecule has 5 nitrogen and oxygen atoms in total. The minimum atomic E-state index is -0.249. The second kappa shape index (κ2) is 9.58. The Hall–Kier alpha value is -2.30. The van der Waals surface area contributed by atoms with Gasteiger partial charge in [-0.1, -0.05) is 38.3 Å². The van der Waals surface area contributed by atoms with Crippen LogP contribution in [0, 0.1) is 0 Å². The number of allylic oxidation sites excluding steroid dienone is 1. The summed E-state index contributed by atoms with van der Waals surface area (Å²) in [6.45, 7) is 7.10. The Bertz CT molecular complexity index is 712. The molecule has 0 spiro atoms. The molecule has 1 amide bonds. The number of aliphatic imine (C=N–C) groups is 1. The van der Waals surface area contributed by atoms with E-state index in [1.807, 2.05) is 19.2 Å². The number of benzene rings is 1. The van der Waals surface area contributed by atoms with Gasteiger partial charge in [0, 0.05) is 37.1 Å². The Balaban J connectivity index is 1.65. The molecule has 1 aromatic rings. The van der Waals surface area contributed by atoms with Crippen LogP contribution in [0.25, 0.3) is 0 Å². The number of carbonyl (C=O) groups excluding carboxylic acids is 1. The van der Waals surface area contributed by atoms with E-state index in [1.165, 1.54) is 24.1 Å². The number of ether oxygens (including phenoxy) is 1. The third kappa shape index (κ3) is 4.90. The van der Waals surface area contributed by atoms with Crippen molar-refractivity contribution in [1.82, 2.24) is 0 Å². The van der Waals surface area contributed by atoms with E-state index in [0.717, 1.165) is 50.2 Å². The Kier molecular flexibility index (Phi) is 6.91. The summed E-state index contributed by atoms with van der Waals surface area (Å²) in [6.07, 6.45) is 10.3. The van der Waals surface area contributed by atoms with Gasteiger partial charge in [0.15, 0.2) is 0 Å². The summed E-state index contributed by atoms with van der Waals surface area (Å²) in [5.41, 5.74) is 4.59. The molecule has 0 saturated heterocycles. The van der Waals surface area contributed by atoms with Gasteiger partial charge in [-0.05, 0) is 37.5 Å². The molecule has 2 aliphatic heterocycles. The number of fused-ring (bicyclic) bond motifs is 1. The molecule has 27 heavy (non-hydrogen) atoms. The molecule has 0 atom stereocenters. The summed E-state index contributed by atoms with van der Waals surface area (Å²) in [6, 6.07) is 6.31. The fourth-order valence-corrected chi connectivity index (χ4v) is 3.66. The van der Waals surface area contributed by atoms with Gasteiger partial charge in [0.05, 0.1) is 18.8 Å². The maximum absolute atomic E-state index is 12.5. The summed E-state index contributed by atoms with van der Waals surface area (Å²) < 4.78 is 5.50. The van der Waals surface area contributed by atoms with Crippen LogP contribution in [0.3, 0.4) is 0 Å². The number of nitrogens with zero attached hydrogens (tertiary/aromatic N) is 3. The highest BCUT2D eigenvalue weighted by Crippen LogP contribution is 2.33. The van der Waals surface area contributed by atoms with Gasteiger partial charge in [-0.15, -0.1) is 0 Å². The standard InChI is InChI=1S/C22H31N3O2/c1-3-5-6-7-15-27-22(26)25(4-2)20-11-10-18-12-14-24(21(18)16-20)17-19-9-8-13-23-19/h9-11,13,16H,3-8,12,14-15,17H2,1-2H3. The molecule has 3 rings (SSSR count). The van der Waals surface area contributed by atoms with Gasteiger partial charge in [-0.2, -0.15) is 0 Å². The zero-order chi connectivity index (χ0) is 19.1. The van der Waals surface area contributed by atoms with Crippen LogP contribution < -0.4 is 9.80 Å². The number of rotatable bonds is 9. The van der Waals surface area contributed by atoms with E-state index < -0.39 is 0 Å². The number of amides is 1. The van der Waals surface area contributed by atoms with Crippen LogP contribution >= 0.6 is 0 Å². The normalized spacial score (nSPS) is 15.0. The van der Waals surface area contributed by atoms with Crippen LogP contribution in [0.4, 0.5) is 16.2 Å². The highest BCUT2D eigenvalue weighted by atomic mass is 16.6. The Labute approximate surface area is 162 Å². The minimum absolute atomic E-state index is 0.249. The molecule has 2 aliphatic rings. The van der Waals surface area contributed by atoms with Crippen LogP contribution in [0.15, 0.2) is 35.0 Å². The molecule has 5 heteroatoms. The van der Waals surface area contributed by atoms with Crippen LogP contribution in [0.5, 0.6) is 0 Å². The van der Waals surface area contributed by atoms with Crippen molar-refractivity contribution in [1.29, 1.82) is 0 Å². The molecular formula is C22H31N3O2. The second-order valence-corrected chi connectivity index (χ2v) is 7.15. The molecular weight excluding hydrogens is 338 g/mol. The third-order valence-electron chi connectivity index (χ3n) is 5.20. The number of hydrogen-bond acceptors (Lipinski definition) is 4. The number of carbonyl (C=O) groups is 1. The van der Waals surface area contributed by atoms with Crippen LogP contribution in [-0.2, 0) is 11.2 Å². The first kappa shape index (κ1) is 19.5. The SMILES string of the molecule is CCCCCCOC(=O)N(CC)c1ccc2c(c1)N(CC1=CCC=N1)CC2. The fraction of sp³-hybridized carbons (Fsp3) is 0.545. The van der Waals surface area contributed by atoms with Crippen molar-refractivity contribution in [3.05, 3.63) is 35.5 Å². The van der Waals surface area contributed by atoms with Crippen LogP contribution in [-0.4, -0.2) is 38.5 Å². The van der Waals surface area contributed by atoms with Gasteiger partial charge in [0.25, 0.3) is 0 Å². The quantitative estimate of drug-likeness (QED) is 0.579. The van der Waals surface area contributed by atoms with Crippen LogP contribution in [0.1, 0.15) is 51.5 Å². The number of anilines is 2. The van der Waals surface area contributed by atoms with E-state index >= 15 is 0 Å². The lowest BCUT2D eigenvalue weighted by Gasteiger charge is -2.24. The maximum Gasteiger partial charge on any atom is 0.414 e. The summed E-state index contributed by atoms with van der Waals surface area (Å²) in [4.78, 5) is 21.1.